The van der Waals surface area contributed by atoms with Crippen LogP contribution in [-0.2, 0) is 24.0 Å². The predicted octanol–water partition coefficient (Wildman–Crippen LogP) is 0.698. The van der Waals surface area contributed by atoms with Gasteiger partial charge in [-0.25, -0.2) is 4.79 Å². The molecule has 0 spiro atoms. The number of ketones is 1. The van der Waals surface area contributed by atoms with Crippen molar-refractivity contribution in [1.29, 1.82) is 0 Å². The van der Waals surface area contributed by atoms with Gasteiger partial charge in [-0.15, -0.1) is 0 Å². The van der Waals surface area contributed by atoms with Crippen LogP contribution in [0.2, 0.25) is 0 Å². The van der Waals surface area contributed by atoms with Crippen LogP contribution in [0.3, 0.4) is 0 Å². The quantitative estimate of drug-likeness (QED) is 0.254. The molecule has 0 aromatic carbocycles. The van der Waals surface area contributed by atoms with Crippen molar-refractivity contribution in [3.8, 4) is 0 Å². The molecule has 2 heterocycles. The van der Waals surface area contributed by atoms with Crippen LogP contribution < -0.4 is 26.6 Å². The van der Waals surface area contributed by atoms with E-state index in [1.54, 1.807) is 6.92 Å². The number of amides is 6. The smallest absolute Gasteiger partial charge is 0.315 e. The molecule has 0 radical (unpaired) electrons. The average Bonchev–Trinajstić information content (AvgIpc) is 3.17. The van der Waals surface area contributed by atoms with Crippen LogP contribution in [0.25, 0.3) is 0 Å². The number of fused-ring (bicyclic) bond motifs is 1. The summed E-state index contributed by atoms with van der Waals surface area (Å²) in [7, 11) is 0. The number of hydrogen-bond donors (Lipinski definition) is 5. The van der Waals surface area contributed by atoms with E-state index < -0.39 is 58.6 Å². The minimum absolute atomic E-state index is 0.00909. The van der Waals surface area contributed by atoms with Gasteiger partial charge < -0.3 is 31.5 Å². The molecule has 2 unspecified atom stereocenters. The maximum absolute atomic E-state index is 14.0. The molecule has 3 aliphatic rings. The highest BCUT2D eigenvalue weighted by atomic mass is 16.2. The van der Waals surface area contributed by atoms with Crippen molar-refractivity contribution >= 4 is 35.4 Å². The zero-order valence-electron chi connectivity index (χ0n) is 25.9. The summed E-state index contributed by atoms with van der Waals surface area (Å²) in [5.41, 5.74) is -1.38. The van der Waals surface area contributed by atoms with Gasteiger partial charge in [0.05, 0.1) is 6.04 Å². The van der Waals surface area contributed by atoms with E-state index in [-0.39, 0.29) is 42.0 Å². The number of carbonyl (C=O) groups excluding carboxylic acids is 6. The van der Waals surface area contributed by atoms with Crippen molar-refractivity contribution in [2.75, 3.05) is 19.6 Å². The normalized spacial score (nSPS) is 26.3. The molecule has 0 aromatic rings. The monoisotopic (exact) mass is 576 g/mol. The molecule has 6 atom stereocenters. The largest absolute Gasteiger partial charge is 0.356 e. The molecule has 2 saturated heterocycles. The lowest BCUT2D eigenvalue weighted by atomic mass is 9.85. The summed E-state index contributed by atoms with van der Waals surface area (Å²) in [4.78, 5) is 80.1. The van der Waals surface area contributed by atoms with Gasteiger partial charge >= 0.3 is 6.03 Å². The van der Waals surface area contributed by atoms with E-state index in [1.807, 2.05) is 55.4 Å². The highest BCUT2D eigenvalue weighted by Gasteiger charge is 2.70. The Morgan fingerprint density at radius 1 is 1.05 bits per heavy atom. The van der Waals surface area contributed by atoms with Gasteiger partial charge in [-0.1, -0.05) is 34.6 Å². The van der Waals surface area contributed by atoms with Gasteiger partial charge in [0.1, 0.15) is 12.1 Å². The fraction of sp³-hybridized carbons (Fsp3) is 0.793. The molecular weight excluding hydrogens is 528 g/mol. The first-order valence-electron chi connectivity index (χ1n) is 14.6. The van der Waals surface area contributed by atoms with Gasteiger partial charge in [0.2, 0.25) is 23.5 Å². The SMILES string of the molecule is CCNC(=O)C(=O)C(C[C@@H]1CCNC1=O)NC(=O)[C@@H]1[C@@H]2[C@H](CN1C(=O)C(NC(=O)NC(C)(C)C)C(C)(C)C)C2(C)C. The number of nitrogens with one attached hydrogen (secondary N) is 5. The number of likely N-dealkylation sites (N-methyl/N-ethyl adjacent to an activating group) is 1. The maximum atomic E-state index is 14.0. The Bertz CT molecular complexity index is 1090. The van der Waals surface area contributed by atoms with Crippen LogP contribution in [0.5, 0.6) is 0 Å². The van der Waals surface area contributed by atoms with Gasteiger partial charge in [-0.3, -0.25) is 24.0 Å². The van der Waals surface area contributed by atoms with Crippen LogP contribution in [0.15, 0.2) is 0 Å². The summed E-state index contributed by atoms with van der Waals surface area (Å²) in [6, 6.07) is -3.51. The van der Waals surface area contributed by atoms with Gasteiger partial charge in [0.25, 0.3) is 5.91 Å². The number of likely N-dealkylation sites (tertiary alicyclic amines) is 1. The molecule has 3 fully saturated rings. The molecule has 12 nitrogen and oxygen atoms in total. The summed E-state index contributed by atoms with van der Waals surface area (Å²) in [6.07, 6.45) is 0.486. The second kappa shape index (κ2) is 11.6. The molecular formula is C29H48N6O6. The van der Waals surface area contributed by atoms with E-state index in [1.165, 1.54) is 4.90 Å². The molecule has 2 aliphatic heterocycles. The summed E-state index contributed by atoms with van der Waals surface area (Å²) in [5.74, 6) is -3.38. The van der Waals surface area contributed by atoms with Gasteiger partial charge in [-0.2, -0.15) is 0 Å². The highest BCUT2D eigenvalue weighted by Crippen LogP contribution is 2.65. The van der Waals surface area contributed by atoms with Crippen molar-refractivity contribution in [2.45, 2.75) is 98.8 Å². The lowest BCUT2D eigenvalue weighted by Gasteiger charge is -2.38. The molecule has 3 rings (SSSR count). The Morgan fingerprint density at radius 2 is 1.68 bits per heavy atom. The highest BCUT2D eigenvalue weighted by molar-refractivity contribution is 6.38. The van der Waals surface area contributed by atoms with Crippen molar-refractivity contribution in [3.63, 3.8) is 0 Å². The summed E-state index contributed by atoms with van der Waals surface area (Å²) in [6.45, 7) is 17.9. The third-order valence-corrected chi connectivity index (χ3v) is 8.51. The van der Waals surface area contributed by atoms with Crippen LogP contribution in [0.1, 0.15) is 75.2 Å². The van der Waals surface area contributed by atoms with Gasteiger partial charge in [-0.05, 0) is 63.2 Å². The Kier molecular flexibility index (Phi) is 9.15. The van der Waals surface area contributed by atoms with Crippen molar-refractivity contribution in [3.05, 3.63) is 0 Å². The Morgan fingerprint density at radius 3 is 2.20 bits per heavy atom. The fourth-order valence-corrected chi connectivity index (χ4v) is 6.18. The zero-order valence-corrected chi connectivity index (χ0v) is 25.9. The first kappa shape index (κ1) is 32.3. The number of carbonyl (C=O) groups is 6. The van der Waals surface area contributed by atoms with E-state index in [2.05, 4.69) is 26.6 Å². The summed E-state index contributed by atoms with van der Waals surface area (Å²) >= 11 is 0. The standard InChI is InChI=1S/C29H48N6O6/c1-10-30-24(39)20(36)17(13-15-11-12-31-22(15)37)32-23(38)19-18-16(29(18,8)9)14-35(19)25(40)21(27(2,3)4)33-26(41)34-28(5,6)7/h15-19,21H,10-14H2,1-9H3,(H,30,39)(H,31,37)(H,32,38)(H2,33,34,41)/t15-,16-,17?,18-,19-,21?/m0/s1. The molecule has 41 heavy (non-hydrogen) atoms. The van der Waals surface area contributed by atoms with Crippen molar-refractivity contribution < 1.29 is 28.8 Å². The third-order valence-electron chi connectivity index (χ3n) is 8.51. The predicted molar refractivity (Wildman–Crippen MR) is 152 cm³/mol. The van der Waals surface area contributed by atoms with Crippen molar-refractivity contribution in [1.82, 2.24) is 31.5 Å². The van der Waals surface area contributed by atoms with Crippen LogP contribution in [0.4, 0.5) is 4.79 Å². The van der Waals surface area contributed by atoms with E-state index in [0.29, 0.717) is 19.5 Å². The number of rotatable bonds is 9. The van der Waals surface area contributed by atoms with Crippen LogP contribution in [-0.4, -0.2) is 83.6 Å². The van der Waals surface area contributed by atoms with E-state index in [9.17, 15) is 28.8 Å². The maximum Gasteiger partial charge on any atom is 0.315 e. The molecule has 1 aliphatic carbocycles. The molecule has 6 amide bonds. The first-order valence-corrected chi connectivity index (χ1v) is 14.6. The minimum Gasteiger partial charge on any atom is -0.356 e. The van der Waals surface area contributed by atoms with E-state index in [0.717, 1.165) is 0 Å². The molecule has 1 saturated carbocycles. The average molecular weight is 577 g/mol. The topological polar surface area (TPSA) is 166 Å². The Labute approximate surface area is 242 Å². The number of hydrogen-bond acceptors (Lipinski definition) is 6. The second-order valence-electron chi connectivity index (χ2n) is 14.3. The molecule has 0 aromatic heterocycles. The Balaban J connectivity index is 1.87. The molecule has 5 N–H and O–H groups in total. The van der Waals surface area contributed by atoms with E-state index >= 15 is 0 Å². The van der Waals surface area contributed by atoms with Crippen molar-refractivity contribution in [2.24, 2.45) is 28.6 Å². The number of Topliss-reactive ketones (excluding diaryl/α,β-unsaturated/α-hetero) is 1. The third kappa shape index (κ3) is 7.19. The number of urea groups is 1. The summed E-state index contributed by atoms with van der Waals surface area (Å²) in [5, 5.41) is 13.6. The lowest BCUT2D eigenvalue weighted by molar-refractivity contribution is -0.145. The molecule has 12 heteroatoms. The first-order chi connectivity index (χ1) is 18.8. The van der Waals surface area contributed by atoms with E-state index in [4.69, 9.17) is 0 Å². The summed E-state index contributed by atoms with van der Waals surface area (Å²) < 4.78 is 0. The van der Waals surface area contributed by atoms with Gasteiger partial charge in [0, 0.05) is 31.1 Å². The lowest BCUT2D eigenvalue weighted by Crippen LogP contribution is -2.62. The zero-order chi connectivity index (χ0) is 31.1. The van der Waals surface area contributed by atoms with Gasteiger partial charge in [0.15, 0.2) is 0 Å². The van der Waals surface area contributed by atoms with Crippen LogP contribution in [0, 0.1) is 28.6 Å². The number of piperidine rings is 1. The molecule has 230 valence electrons. The van der Waals surface area contributed by atoms with Crippen LogP contribution >= 0.6 is 0 Å². The number of nitrogens with zero attached hydrogens (tertiary/aromatic N) is 1. The second-order valence-corrected chi connectivity index (χ2v) is 14.3. The molecule has 0 bridgehead atoms. The fourth-order valence-electron chi connectivity index (χ4n) is 6.18. The Hall–Kier alpha value is -3.18. The minimum atomic E-state index is -1.21.